The number of hydrogen-bond acceptors (Lipinski definition) is 7. The van der Waals surface area contributed by atoms with E-state index in [1.165, 1.54) is 25.1 Å². The van der Waals surface area contributed by atoms with Crippen molar-refractivity contribution in [3.05, 3.63) is 61.7 Å². The summed E-state index contributed by atoms with van der Waals surface area (Å²) in [6.45, 7) is 1.44. The molecule has 9 nitrogen and oxygen atoms in total. The average molecular weight is 499 g/mol. The smallest absolute Gasteiger partial charge is 0.341 e. The molecule has 1 aromatic carbocycles. The Hall–Kier alpha value is -3.69. The first-order valence-corrected chi connectivity index (χ1v) is 12.0. The number of carboxylic acids is 1. The number of nitrogens with two attached hydrogens (primary N) is 1. The van der Waals surface area contributed by atoms with Gasteiger partial charge in [0.15, 0.2) is 11.6 Å². The number of benzene rings is 1. The number of amides is 1. The Balaban J connectivity index is 1.50. The van der Waals surface area contributed by atoms with Crippen LogP contribution in [-0.2, 0) is 4.79 Å². The van der Waals surface area contributed by atoms with E-state index in [2.05, 4.69) is 5.73 Å². The summed E-state index contributed by atoms with van der Waals surface area (Å²) < 4.78 is 22.8. The third-order valence-electron chi connectivity index (χ3n) is 6.39. The highest BCUT2D eigenvalue weighted by Crippen LogP contribution is 2.43. The minimum atomic E-state index is -1.35. The Morgan fingerprint density at radius 1 is 1.26 bits per heavy atom. The first-order valence-electron chi connectivity index (χ1n) is 11.1. The van der Waals surface area contributed by atoms with Crippen LogP contribution in [0.5, 0.6) is 5.75 Å². The number of rotatable bonds is 5. The van der Waals surface area contributed by atoms with E-state index in [-0.39, 0.29) is 28.8 Å². The molecule has 35 heavy (non-hydrogen) atoms. The van der Waals surface area contributed by atoms with E-state index in [1.807, 2.05) is 0 Å². The van der Waals surface area contributed by atoms with Gasteiger partial charge in [-0.1, -0.05) is 17.5 Å². The molecule has 2 aromatic rings. The summed E-state index contributed by atoms with van der Waals surface area (Å²) in [6.07, 6.45) is 4.55. The lowest BCUT2D eigenvalue weighted by molar-refractivity contribution is -0.127. The van der Waals surface area contributed by atoms with E-state index >= 15 is 4.39 Å². The van der Waals surface area contributed by atoms with Gasteiger partial charge in [0.05, 0.1) is 23.6 Å². The second-order valence-electron chi connectivity index (χ2n) is 8.58. The topological polar surface area (TPSA) is 118 Å². The van der Waals surface area contributed by atoms with Crippen LogP contribution < -0.4 is 20.8 Å². The molecule has 1 saturated carbocycles. The van der Waals surface area contributed by atoms with Gasteiger partial charge in [-0.05, 0) is 30.4 Å². The van der Waals surface area contributed by atoms with Crippen LogP contribution in [0.2, 0.25) is 0 Å². The number of carbonyl (C=O) groups excluding carboxylic acids is 1. The Labute approximate surface area is 203 Å². The second kappa shape index (κ2) is 8.83. The molecule has 3 heterocycles. The molecule has 2 fully saturated rings. The summed E-state index contributed by atoms with van der Waals surface area (Å²) in [6, 6.07) is 1.12. The van der Waals surface area contributed by atoms with Gasteiger partial charge < -0.3 is 29.9 Å². The van der Waals surface area contributed by atoms with E-state index < -0.39 is 22.8 Å². The number of nitrogens with zero attached hydrogens (tertiary/aromatic N) is 3. The summed E-state index contributed by atoms with van der Waals surface area (Å²) in [7, 11) is 1.41. The average Bonchev–Trinajstić information content (AvgIpc) is 3.69. The van der Waals surface area contributed by atoms with E-state index in [9.17, 15) is 19.5 Å². The number of aromatic carboxylic acids is 1. The van der Waals surface area contributed by atoms with Crippen LogP contribution >= 0.6 is 11.8 Å². The maximum Gasteiger partial charge on any atom is 0.341 e. The number of fused-ring (bicyclic) bond motifs is 1. The molecule has 11 heteroatoms. The molecule has 1 aliphatic carbocycles. The normalized spacial score (nSPS) is 17.9. The molecule has 1 saturated heterocycles. The number of pyridine rings is 1. The molecule has 3 aliphatic rings. The molecule has 0 atom stereocenters. The number of thioether (sulfide) groups is 1. The van der Waals surface area contributed by atoms with Crippen LogP contribution in [0.1, 0.15) is 29.2 Å². The van der Waals surface area contributed by atoms with E-state index in [4.69, 9.17) is 10.5 Å². The molecule has 2 aliphatic heterocycles. The number of carboxylic acid groups (broad SMARTS) is 1. The van der Waals surface area contributed by atoms with Gasteiger partial charge >= 0.3 is 5.97 Å². The van der Waals surface area contributed by atoms with Crippen LogP contribution in [0.25, 0.3) is 10.9 Å². The summed E-state index contributed by atoms with van der Waals surface area (Å²) in [5, 5.41) is 11.6. The predicted octanol–water partition coefficient (Wildman–Crippen LogP) is 2.42. The molecule has 1 aromatic heterocycles. The molecule has 0 spiro atoms. The zero-order valence-corrected chi connectivity index (χ0v) is 19.7. The van der Waals surface area contributed by atoms with Crippen molar-refractivity contribution in [3.8, 4) is 5.75 Å². The number of anilines is 1. The molecular formula is C24H23FN4O5S. The van der Waals surface area contributed by atoms with E-state index in [0.29, 0.717) is 42.3 Å². The Bertz CT molecular complexity index is 1410. The molecule has 0 unspecified atom stereocenters. The molecule has 0 bridgehead atoms. The highest BCUT2D eigenvalue weighted by molar-refractivity contribution is 8.05. The van der Waals surface area contributed by atoms with Crippen molar-refractivity contribution in [1.82, 2.24) is 9.47 Å². The number of halogens is 1. The standard InChI is InChI=1S/C24H23FN4O5S/c1-34-22-19-15(21(30)16(24(32)33)11-29(19)14-3-4-14)10-17(25)20(22)27-6-8-28(9-7-27)23(31)13-2-5-18(26)35-12-13/h2,10-12,14H,3-4,6-9,26H2,1H3,(H,32,33). The molecule has 5 rings (SSSR count). The second-order valence-corrected chi connectivity index (χ2v) is 9.49. The van der Waals surface area contributed by atoms with Gasteiger partial charge in [-0.25, -0.2) is 9.18 Å². The lowest BCUT2D eigenvalue weighted by Crippen LogP contribution is -2.49. The lowest BCUT2D eigenvalue weighted by Gasteiger charge is -2.37. The van der Waals surface area contributed by atoms with Gasteiger partial charge in [-0.2, -0.15) is 0 Å². The Kier molecular flexibility index (Phi) is 5.82. The van der Waals surface area contributed by atoms with Crippen LogP contribution in [0.3, 0.4) is 0 Å². The van der Waals surface area contributed by atoms with Crippen molar-refractivity contribution >= 4 is 40.2 Å². The van der Waals surface area contributed by atoms with Crippen molar-refractivity contribution < 1.29 is 23.8 Å². The number of piperazine rings is 1. The van der Waals surface area contributed by atoms with Gasteiger partial charge in [0.2, 0.25) is 5.43 Å². The van der Waals surface area contributed by atoms with E-state index in [1.54, 1.807) is 25.9 Å². The molecule has 3 N–H and O–H groups in total. The van der Waals surface area contributed by atoms with Crippen molar-refractivity contribution in [2.75, 3.05) is 38.2 Å². The quantitative estimate of drug-likeness (QED) is 0.604. The van der Waals surface area contributed by atoms with Crippen LogP contribution in [-0.4, -0.2) is 59.7 Å². The van der Waals surface area contributed by atoms with Gasteiger partial charge in [0, 0.05) is 38.4 Å². The maximum atomic E-state index is 15.5. The monoisotopic (exact) mass is 498 g/mol. The third kappa shape index (κ3) is 4.06. The van der Waals surface area contributed by atoms with Crippen LogP contribution in [0.15, 0.2) is 44.9 Å². The zero-order chi connectivity index (χ0) is 24.9. The van der Waals surface area contributed by atoms with Gasteiger partial charge in [-0.3, -0.25) is 9.59 Å². The molecule has 0 radical (unpaired) electrons. The van der Waals surface area contributed by atoms with Crippen LogP contribution in [0, 0.1) is 5.82 Å². The summed E-state index contributed by atoms with van der Waals surface area (Å²) >= 11 is 1.24. The fourth-order valence-electron chi connectivity index (χ4n) is 4.50. The first-order chi connectivity index (χ1) is 16.8. The maximum absolute atomic E-state index is 15.5. The zero-order valence-electron chi connectivity index (χ0n) is 18.9. The Morgan fingerprint density at radius 3 is 2.54 bits per heavy atom. The van der Waals surface area contributed by atoms with Crippen molar-refractivity contribution in [2.24, 2.45) is 5.73 Å². The number of aromatic nitrogens is 1. The number of ether oxygens (including phenoxy) is 1. The minimum absolute atomic E-state index is 0.0236. The minimum Gasteiger partial charge on any atom is -0.492 e. The third-order valence-corrected chi connectivity index (χ3v) is 7.13. The molecular weight excluding hydrogens is 475 g/mol. The summed E-state index contributed by atoms with van der Waals surface area (Å²) in [5.74, 6) is -1.98. The highest BCUT2D eigenvalue weighted by Gasteiger charge is 2.32. The van der Waals surface area contributed by atoms with Gasteiger partial charge in [0.1, 0.15) is 16.3 Å². The van der Waals surface area contributed by atoms with Gasteiger partial charge in [0.25, 0.3) is 5.91 Å². The van der Waals surface area contributed by atoms with Gasteiger partial charge in [-0.15, -0.1) is 0 Å². The fourth-order valence-corrected chi connectivity index (χ4v) is 5.05. The van der Waals surface area contributed by atoms with Crippen molar-refractivity contribution in [1.29, 1.82) is 0 Å². The van der Waals surface area contributed by atoms with Crippen molar-refractivity contribution in [3.63, 3.8) is 0 Å². The Morgan fingerprint density at radius 2 is 1.97 bits per heavy atom. The van der Waals surface area contributed by atoms with Crippen molar-refractivity contribution in [2.45, 2.75) is 18.9 Å². The first kappa shape index (κ1) is 23.1. The van der Waals surface area contributed by atoms with E-state index in [0.717, 1.165) is 18.9 Å². The predicted molar refractivity (Wildman–Crippen MR) is 130 cm³/mol. The lowest BCUT2D eigenvalue weighted by atomic mass is 10.1. The SMILES string of the molecule is COc1c(N2CCN(C(=O)C3=CSC(N)=C=C3)CC2)c(F)cc2c(=O)c(C(=O)O)cn(C3CC3)c12. The molecule has 1 amide bonds. The number of carbonyl (C=O) groups is 2. The molecule has 182 valence electrons. The largest absolute Gasteiger partial charge is 0.492 e. The van der Waals surface area contributed by atoms with Crippen LogP contribution in [0.4, 0.5) is 10.1 Å². The number of methoxy groups -OCH3 is 1. The number of hydrogen-bond donors (Lipinski definition) is 2. The summed E-state index contributed by atoms with van der Waals surface area (Å²) in [4.78, 5) is 40.8. The summed E-state index contributed by atoms with van der Waals surface area (Å²) in [5.41, 5.74) is 8.45. The highest BCUT2D eigenvalue weighted by atomic mass is 32.2. The fraction of sp³-hybridized carbons (Fsp3) is 0.333.